The molecule has 0 aromatic heterocycles. The summed E-state index contributed by atoms with van der Waals surface area (Å²) >= 11 is 0. The fourth-order valence-electron chi connectivity index (χ4n) is 1.62. The number of rotatable bonds is 3. The van der Waals surface area contributed by atoms with Gasteiger partial charge in [0.15, 0.2) is 11.5 Å². The topological polar surface area (TPSA) is 49.7 Å². The summed E-state index contributed by atoms with van der Waals surface area (Å²) in [6.45, 7) is 0. The van der Waals surface area contributed by atoms with Crippen molar-refractivity contribution < 1.29 is 14.9 Å². The van der Waals surface area contributed by atoms with Crippen LogP contribution in [0, 0.1) is 0 Å². The monoisotopic (exact) mass is 242 g/mol. The van der Waals surface area contributed by atoms with Gasteiger partial charge >= 0.3 is 0 Å². The van der Waals surface area contributed by atoms with Crippen molar-refractivity contribution in [3.05, 3.63) is 53.6 Å². The Labute approximate surface area is 106 Å². The van der Waals surface area contributed by atoms with Gasteiger partial charge in [0.2, 0.25) is 5.75 Å². The van der Waals surface area contributed by atoms with Gasteiger partial charge in [-0.3, -0.25) is 0 Å². The Morgan fingerprint density at radius 1 is 0.944 bits per heavy atom. The van der Waals surface area contributed by atoms with Crippen LogP contribution in [0.15, 0.2) is 42.5 Å². The third kappa shape index (κ3) is 2.63. The highest BCUT2D eigenvalue weighted by molar-refractivity contribution is 5.72. The van der Waals surface area contributed by atoms with Crippen LogP contribution in [0.3, 0.4) is 0 Å². The summed E-state index contributed by atoms with van der Waals surface area (Å²) in [5.41, 5.74) is 1.81. The van der Waals surface area contributed by atoms with E-state index < -0.39 is 0 Å². The zero-order valence-corrected chi connectivity index (χ0v) is 10.00. The number of phenols is 2. The largest absolute Gasteiger partial charge is 0.504 e. The van der Waals surface area contributed by atoms with Crippen LogP contribution in [0.4, 0.5) is 0 Å². The van der Waals surface area contributed by atoms with E-state index in [1.807, 2.05) is 42.5 Å². The summed E-state index contributed by atoms with van der Waals surface area (Å²) in [5, 5.41) is 19.1. The Morgan fingerprint density at radius 2 is 1.61 bits per heavy atom. The molecule has 3 heteroatoms. The first kappa shape index (κ1) is 12.0. The maximum atomic E-state index is 9.55. The van der Waals surface area contributed by atoms with Crippen molar-refractivity contribution in [2.75, 3.05) is 7.11 Å². The average Bonchev–Trinajstić information content (AvgIpc) is 2.41. The first-order valence-electron chi connectivity index (χ1n) is 5.54. The Kier molecular flexibility index (Phi) is 3.53. The van der Waals surface area contributed by atoms with Crippen LogP contribution in [0.25, 0.3) is 12.2 Å². The second-order valence-corrected chi connectivity index (χ2v) is 3.83. The van der Waals surface area contributed by atoms with Gasteiger partial charge in [0.05, 0.1) is 7.11 Å². The molecule has 0 saturated heterocycles. The lowest BCUT2D eigenvalue weighted by molar-refractivity contribution is 0.351. The lowest BCUT2D eigenvalue weighted by Gasteiger charge is -2.06. The highest BCUT2D eigenvalue weighted by Gasteiger charge is 2.07. The van der Waals surface area contributed by atoms with Gasteiger partial charge in [-0.1, -0.05) is 42.5 Å². The van der Waals surface area contributed by atoms with E-state index in [4.69, 9.17) is 4.74 Å². The van der Waals surface area contributed by atoms with E-state index in [0.29, 0.717) is 0 Å². The average molecular weight is 242 g/mol. The van der Waals surface area contributed by atoms with E-state index in [2.05, 4.69) is 0 Å². The Balaban J connectivity index is 2.30. The molecule has 18 heavy (non-hydrogen) atoms. The van der Waals surface area contributed by atoms with Crippen molar-refractivity contribution >= 4 is 12.2 Å². The van der Waals surface area contributed by atoms with E-state index in [9.17, 15) is 10.2 Å². The van der Waals surface area contributed by atoms with Gasteiger partial charge in [-0.2, -0.15) is 0 Å². The van der Waals surface area contributed by atoms with Crippen LogP contribution in [0.2, 0.25) is 0 Å². The summed E-state index contributed by atoms with van der Waals surface area (Å²) in [7, 11) is 1.44. The third-order valence-electron chi connectivity index (χ3n) is 2.56. The number of methoxy groups -OCH3 is 1. The molecule has 2 rings (SSSR count). The van der Waals surface area contributed by atoms with Gasteiger partial charge in [0.25, 0.3) is 0 Å². The van der Waals surface area contributed by atoms with Crippen molar-refractivity contribution in [1.82, 2.24) is 0 Å². The predicted molar refractivity (Wildman–Crippen MR) is 71.7 cm³/mol. The first-order valence-corrected chi connectivity index (χ1v) is 5.54. The smallest absolute Gasteiger partial charge is 0.200 e. The summed E-state index contributed by atoms with van der Waals surface area (Å²) in [6, 6.07) is 13.0. The van der Waals surface area contributed by atoms with Gasteiger partial charge in [-0.25, -0.2) is 0 Å². The molecule has 0 unspecified atom stereocenters. The first-order chi connectivity index (χ1) is 8.70. The lowest BCUT2D eigenvalue weighted by atomic mass is 10.1. The third-order valence-corrected chi connectivity index (χ3v) is 2.56. The van der Waals surface area contributed by atoms with Crippen molar-refractivity contribution in [3.8, 4) is 17.2 Å². The van der Waals surface area contributed by atoms with Crippen LogP contribution in [0.1, 0.15) is 11.1 Å². The molecule has 2 aromatic rings. The van der Waals surface area contributed by atoms with E-state index in [-0.39, 0.29) is 17.2 Å². The molecule has 2 aromatic carbocycles. The second-order valence-electron chi connectivity index (χ2n) is 3.83. The van der Waals surface area contributed by atoms with Gasteiger partial charge in [0.1, 0.15) is 0 Å². The van der Waals surface area contributed by atoms with Crippen LogP contribution >= 0.6 is 0 Å². The van der Waals surface area contributed by atoms with Crippen molar-refractivity contribution in [2.24, 2.45) is 0 Å². The molecular formula is C15H14O3. The fraction of sp³-hybridized carbons (Fsp3) is 0.0667. The molecule has 3 nitrogen and oxygen atoms in total. The Hall–Kier alpha value is -2.42. The van der Waals surface area contributed by atoms with Crippen LogP contribution in [0.5, 0.6) is 17.2 Å². The molecule has 0 aliphatic heterocycles. The van der Waals surface area contributed by atoms with E-state index in [1.165, 1.54) is 13.2 Å². The van der Waals surface area contributed by atoms with Crippen LogP contribution in [-0.2, 0) is 0 Å². The molecule has 2 N–H and O–H groups in total. The summed E-state index contributed by atoms with van der Waals surface area (Å²) in [5.74, 6) is -0.181. The van der Waals surface area contributed by atoms with Crippen molar-refractivity contribution in [1.29, 1.82) is 0 Å². The summed E-state index contributed by atoms with van der Waals surface area (Å²) in [4.78, 5) is 0. The maximum Gasteiger partial charge on any atom is 0.200 e. The highest BCUT2D eigenvalue weighted by atomic mass is 16.5. The number of phenolic OH excluding ortho intramolecular Hbond substituents is 2. The number of benzene rings is 2. The Bertz CT molecular complexity index is 559. The summed E-state index contributed by atoms with van der Waals surface area (Å²) in [6.07, 6.45) is 3.77. The quantitative estimate of drug-likeness (QED) is 0.641. The molecule has 0 fully saturated rings. The molecule has 0 saturated carbocycles. The Morgan fingerprint density at radius 3 is 2.28 bits per heavy atom. The molecule has 0 spiro atoms. The second kappa shape index (κ2) is 5.27. The lowest BCUT2D eigenvalue weighted by Crippen LogP contribution is -1.85. The molecule has 0 heterocycles. The van der Waals surface area contributed by atoms with Gasteiger partial charge in [0, 0.05) is 0 Å². The zero-order chi connectivity index (χ0) is 13.0. The van der Waals surface area contributed by atoms with Gasteiger partial charge < -0.3 is 14.9 Å². The summed E-state index contributed by atoms with van der Waals surface area (Å²) < 4.78 is 4.97. The van der Waals surface area contributed by atoms with E-state index in [1.54, 1.807) is 6.07 Å². The van der Waals surface area contributed by atoms with Gasteiger partial charge in [-0.15, -0.1) is 0 Å². The van der Waals surface area contributed by atoms with Gasteiger partial charge in [-0.05, 0) is 23.3 Å². The molecule has 0 bridgehead atoms. The number of hydrogen-bond acceptors (Lipinski definition) is 3. The normalized spacial score (nSPS) is 10.7. The minimum Gasteiger partial charge on any atom is -0.504 e. The molecule has 92 valence electrons. The molecule has 0 amide bonds. The SMILES string of the molecule is COc1cc(/C=C/c2ccccc2)cc(O)c1O. The number of hydrogen-bond donors (Lipinski definition) is 2. The number of ether oxygens (including phenoxy) is 1. The van der Waals surface area contributed by atoms with Crippen LogP contribution < -0.4 is 4.74 Å². The zero-order valence-electron chi connectivity index (χ0n) is 10.00. The molecule has 0 radical (unpaired) electrons. The minimum absolute atomic E-state index is 0.193. The fourth-order valence-corrected chi connectivity index (χ4v) is 1.62. The minimum atomic E-state index is -0.241. The number of aromatic hydroxyl groups is 2. The molecule has 0 aliphatic carbocycles. The van der Waals surface area contributed by atoms with E-state index in [0.717, 1.165) is 11.1 Å². The molecule has 0 aliphatic rings. The van der Waals surface area contributed by atoms with Crippen molar-refractivity contribution in [2.45, 2.75) is 0 Å². The molecule has 0 atom stereocenters. The van der Waals surface area contributed by atoms with E-state index >= 15 is 0 Å². The predicted octanol–water partition coefficient (Wildman–Crippen LogP) is 3.28. The highest BCUT2D eigenvalue weighted by Crippen LogP contribution is 2.36. The van der Waals surface area contributed by atoms with Crippen molar-refractivity contribution in [3.63, 3.8) is 0 Å². The maximum absolute atomic E-state index is 9.55. The standard InChI is InChI=1S/C15H14O3/c1-18-14-10-12(9-13(16)15(14)17)8-7-11-5-3-2-4-6-11/h2-10,16-17H,1H3/b8-7+. The molecular weight excluding hydrogens is 228 g/mol. The van der Waals surface area contributed by atoms with Crippen LogP contribution in [-0.4, -0.2) is 17.3 Å².